The molecule has 2 atom stereocenters. The van der Waals surface area contributed by atoms with Gasteiger partial charge in [0.1, 0.15) is 6.10 Å². The van der Waals surface area contributed by atoms with Crippen molar-refractivity contribution in [2.45, 2.75) is 26.4 Å². The lowest BCUT2D eigenvalue weighted by Gasteiger charge is -2.15. The van der Waals surface area contributed by atoms with E-state index in [0.717, 1.165) is 26.2 Å². The van der Waals surface area contributed by atoms with Gasteiger partial charge in [0.2, 0.25) is 5.91 Å². The summed E-state index contributed by atoms with van der Waals surface area (Å²) in [5, 5.41) is 2.93. The first kappa shape index (κ1) is 12.5. The lowest BCUT2D eigenvalue weighted by molar-refractivity contribution is -0.130. The Morgan fingerprint density at radius 1 is 1.67 bits per heavy atom. The molecule has 15 heavy (non-hydrogen) atoms. The molecule has 1 N–H and O–H groups in total. The monoisotopic (exact) mass is 214 g/mol. The molecule has 0 radical (unpaired) electrons. The highest BCUT2D eigenvalue weighted by Crippen LogP contribution is 2.14. The number of hydrogen-bond acceptors (Lipinski definition) is 3. The molecule has 0 aromatic carbocycles. The topological polar surface area (TPSA) is 41.6 Å². The molecule has 0 aliphatic carbocycles. The van der Waals surface area contributed by atoms with Crippen LogP contribution in [0.15, 0.2) is 0 Å². The third kappa shape index (κ3) is 3.80. The molecule has 1 aliphatic rings. The van der Waals surface area contributed by atoms with Gasteiger partial charge < -0.3 is 15.0 Å². The van der Waals surface area contributed by atoms with Gasteiger partial charge in [-0.1, -0.05) is 6.92 Å². The first-order valence-corrected chi connectivity index (χ1v) is 5.70. The molecule has 4 heteroatoms. The average molecular weight is 214 g/mol. The van der Waals surface area contributed by atoms with Crippen molar-refractivity contribution in [2.24, 2.45) is 5.92 Å². The molecule has 1 amide bonds. The molecule has 0 saturated carbocycles. The average Bonchev–Trinajstić information content (AvgIpc) is 2.72. The van der Waals surface area contributed by atoms with Crippen molar-refractivity contribution in [1.82, 2.24) is 10.2 Å². The van der Waals surface area contributed by atoms with Crippen LogP contribution in [0.3, 0.4) is 0 Å². The van der Waals surface area contributed by atoms with Crippen molar-refractivity contribution in [3.63, 3.8) is 0 Å². The summed E-state index contributed by atoms with van der Waals surface area (Å²) in [4.78, 5) is 13.8. The van der Waals surface area contributed by atoms with E-state index in [-0.39, 0.29) is 12.0 Å². The predicted molar refractivity (Wildman–Crippen MR) is 59.7 cm³/mol. The molecule has 1 saturated heterocycles. The number of hydrogen-bond donors (Lipinski definition) is 1. The van der Waals surface area contributed by atoms with Gasteiger partial charge in [-0.15, -0.1) is 0 Å². The van der Waals surface area contributed by atoms with Crippen LogP contribution in [-0.4, -0.2) is 50.2 Å². The highest BCUT2D eigenvalue weighted by molar-refractivity contribution is 5.80. The molecule has 1 heterocycles. The van der Waals surface area contributed by atoms with Crippen LogP contribution in [0.5, 0.6) is 0 Å². The van der Waals surface area contributed by atoms with Gasteiger partial charge in [-0.05, 0) is 32.4 Å². The summed E-state index contributed by atoms with van der Waals surface area (Å²) in [7, 11) is 1.55. The summed E-state index contributed by atoms with van der Waals surface area (Å²) in [6, 6.07) is 0. The van der Waals surface area contributed by atoms with Gasteiger partial charge in [0.25, 0.3) is 0 Å². The lowest BCUT2D eigenvalue weighted by atomic mass is 10.1. The van der Waals surface area contributed by atoms with Crippen LogP contribution in [0.1, 0.15) is 20.3 Å². The molecule has 88 valence electrons. The SMILES string of the molecule is CCN1CCC(CNC(=O)C(C)OC)C1. The first-order chi connectivity index (χ1) is 7.17. The maximum Gasteiger partial charge on any atom is 0.248 e. The Hall–Kier alpha value is -0.610. The Balaban J connectivity index is 2.18. The van der Waals surface area contributed by atoms with Gasteiger partial charge in [-0.25, -0.2) is 0 Å². The van der Waals surface area contributed by atoms with E-state index < -0.39 is 0 Å². The molecule has 1 aliphatic heterocycles. The van der Waals surface area contributed by atoms with E-state index in [2.05, 4.69) is 17.1 Å². The minimum absolute atomic E-state index is 0.00699. The molecule has 4 nitrogen and oxygen atoms in total. The fourth-order valence-corrected chi connectivity index (χ4v) is 1.86. The fourth-order valence-electron chi connectivity index (χ4n) is 1.86. The minimum Gasteiger partial charge on any atom is -0.372 e. The molecule has 1 fully saturated rings. The third-order valence-corrected chi connectivity index (χ3v) is 3.10. The number of methoxy groups -OCH3 is 1. The highest BCUT2D eigenvalue weighted by atomic mass is 16.5. The van der Waals surface area contributed by atoms with Crippen molar-refractivity contribution in [3.8, 4) is 0 Å². The predicted octanol–water partition coefficient (Wildman–Crippen LogP) is 0.479. The number of likely N-dealkylation sites (tertiary alicyclic amines) is 1. The van der Waals surface area contributed by atoms with Crippen LogP contribution in [0.4, 0.5) is 0 Å². The number of rotatable bonds is 5. The van der Waals surface area contributed by atoms with Crippen molar-refractivity contribution < 1.29 is 9.53 Å². The van der Waals surface area contributed by atoms with Crippen molar-refractivity contribution in [2.75, 3.05) is 33.3 Å². The van der Waals surface area contributed by atoms with Crippen LogP contribution in [0.2, 0.25) is 0 Å². The number of carbonyl (C=O) groups excluding carboxylic acids is 1. The maximum absolute atomic E-state index is 11.4. The zero-order chi connectivity index (χ0) is 11.3. The zero-order valence-corrected chi connectivity index (χ0v) is 9.95. The summed E-state index contributed by atoms with van der Waals surface area (Å²) < 4.78 is 4.95. The van der Waals surface area contributed by atoms with Crippen LogP contribution < -0.4 is 5.32 Å². The van der Waals surface area contributed by atoms with Crippen molar-refractivity contribution in [1.29, 1.82) is 0 Å². The van der Waals surface area contributed by atoms with E-state index in [1.54, 1.807) is 14.0 Å². The second kappa shape index (κ2) is 6.08. The number of nitrogens with zero attached hydrogens (tertiary/aromatic N) is 1. The molecule has 0 bridgehead atoms. The molecule has 1 rings (SSSR count). The molecule has 2 unspecified atom stereocenters. The van der Waals surface area contributed by atoms with Crippen LogP contribution in [0, 0.1) is 5.92 Å². The van der Waals surface area contributed by atoms with Gasteiger partial charge in [0, 0.05) is 20.2 Å². The van der Waals surface area contributed by atoms with Gasteiger partial charge in [-0.2, -0.15) is 0 Å². The van der Waals surface area contributed by atoms with Crippen molar-refractivity contribution in [3.05, 3.63) is 0 Å². The fraction of sp³-hybridized carbons (Fsp3) is 0.909. The quantitative estimate of drug-likeness (QED) is 0.724. The molecule has 0 spiro atoms. The number of amides is 1. The summed E-state index contributed by atoms with van der Waals surface area (Å²) in [6.45, 7) is 8.10. The largest absolute Gasteiger partial charge is 0.372 e. The van der Waals surface area contributed by atoms with Gasteiger partial charge >= 0.3 is 0 Å². The molecular weight excluding hydrogens is 192 g/mol. The van der Waals surface area contributed by atoms with E-state index in [0.29, 0.717) is 5.92 Å². The summed E-state index contributed by atoms with van der Waals surface area (Å²) in [6.07, 6.45) is 0.851. The minimum atomic E-state index is -0.339. The van der Waals surface area contributed by atoms with E-state index in [4.69, 9.17) is 4.74 Å². The maximum atomic E-state index is 11.4. The van der Waals surface area contributed by atoms with E-state index >= 15 is 0 Å². The third-order valence-electron chi connectivity index (χ3n) is 3.10. The Kier molecular flexibility index (Phi) is 5.05. The van der Waals surface area contributed by atoms with Crippen LogP contribution in [0.25, 0.3) is 0 Å². The lowest BCUT2D eigenvalue weighted by Crippen LogP contribution is -2.37. The van der Waals surface area contributed by atoms with Gasteiger partial charge in [-0.3, -0.25) is 4.79 Å². The van der Waals surface area contributed by atoms with Crippen molar-refractivity contribution >= 4 is 5.91 Å². The van der Waals surface area contributed by atoms with Gasteiger partial charge in [0.15, 0.2) is 0 Å². The summed E-state index contributed by atoms with van der Waals surface area (Å²) >= 11 is 0. The van der Waals surface area contributed by atoms with E-state index in [1.165, 1.54) is 6.42 Å². The number of ether oxygens (including phenoxy) is 1. The second-order valence-corrected chi connectivity index (χ2v) is 4.17. The van der Waals surface area contributed by atoms with E-state index in [9.17, 15) is 4.79 Å². The Labute approximate surface area is 92.0 Å². The smallest absolute Gasteiger partial charge is 0.248 e. The first-order valence-electron chi connectivity index (χ1n) is 5.70. The van der Waals surface area contributed by atoms with Gasteiger partial charge in [0.05, 0.1) is 0 Å². The summed E-state index contributed by atoms with van der Waals surface area (Å²) in [5.41, 5.74) is 0. The Bertz CT molecular complexity index is 209. The molecular formula is C11H22N2O2. The Morgan fingerprint density at radius 2 is 2.40 bits per heavy atom. The molecule has 0 aromatic rings. The van der Waals surface area contributed by atoms with Crippen LogP contribution >= 0.6 is 0 Å². The van der Waals surface area contributed by atoms with E-state index in [1.807, 2.05) is 0 Å². The van der Waals surface area contributed by atoms with Crippen LogP contribution in [-0.2, 0) is 9.53 Å². The molecule has 0 aromatic heterocycles. The summed E-state index contributed by atoms with van der Waals surface area (Å²) in [5.74, 6) is 0.602. The second-order valence-electron chi connectivity index (χ2n) is 4.17. The number of nitrogens with one attached hydrogen (secondary N) is 1. The zero-order valence-electron chi connectivity index (χ0n) is 9.95. The normalized spacial score (nSPS) is 24.1. The Morgan fingerprint density at radius 3 is 2.93 bits per heavy atom. The number of carbonyl (C=O) groups is 1. The standard InChI is InChI=1S/C11H22N2O2/c1-4-13-6-5-10(8-13)7-12-11(14)9(2)15-3/h9-10H,4-8H2,1-3H3,(H,12,14). The highest BCUT2D eigenvalue weighted by Gasteiger charge is 2.22.